The zero-order valence-corrected chi connectivity index (χ0v) is 11.5. The second-order valence-corrected chi connectivity index (χ2v) is 5.67. The van der Waals surface area contributed by atoms with E-state index < -0.39 is 5.60 Å². The quantitative estimate of drug-likeness (QED) is 0.718. The molecule has 0 spiro atoms. The SMILES string of the molecule is NC1CC(O)(c2ccc3cccnc3c2)c2ccccc21. The molecule has 3 nitrogen and oxygen atoms in total. The lowest BCUT2D eigenvalue weighted by Gasteiger charge is -2.25. The normalized spacial score (nSPS) is 24.2. The summed E-state index contributed by atoms with van der Waals surface area (Å²) in [5.74, 6) is 0. The van der Waals surface area contributed by atoms with Gasteiger partial charge in [0.05, 0.1) is 5.52 Å². The Morgan fingerprint density at radius 2 is 1.95 bits per heavy atom. The van der Waals surface area contributed by atoms with Crippen molar-refractivity contribution in [3.8, 4) is 0 Å². The second-order valence-electron chi connectivity index (χ2n) is 5.67. The van der Waals surface area contributed by atoms with E-state index >= 15 is 0 Å². The molecule has 4 rings (SSSR count). The molecule has 3 heteroatoms. The van der Waals surface area contributed by atoms with Gasteiger partial charge in [-0.25, -0.2) is 0 Å². The van der Waals surface area contributed by atoms with Gasteiger partial charge in [-0.15, -0.1) is 0 Å². The molecule has 3 aromatic rings. The van der Waals surface area contributed by atoms with Crippen molar-refractivity contribution >= 4 is 10.9 Å². The predicted molar refractivity (Wildman–Crippen MR) is 82.7 cm³/mol. The van der Waals surface area contributed by atoms with Crippen LogP contribution >= 0.6 is 0 Å². The van der Waals surface area contributed by atoms with E-state index in [1.807, 2.05) is 54.6 Å². The van der Waals surface area contributed by atoms with Crippen molar-refractivity contribution in [1.82, 2.24) is 4.98 Å². The summed E-state index contributed by atoms with van der Waals surface area (Å²) >= 11 is 0. The second kappa shape index (κ2) is 4.38. The summed E-state index contributed by atoms with van der Waals surface area (Å²) in [5, 5.41) is 12.3. The predicted octanol–water partition coefficient (Wildman–Crippen LogP) is 2.87. The number of pyridine rings is 1. The number of aromatic nitrogens is 1. The van der Waals surface area contributed by atoms with E-state index in [9.17, 15) is 5.11 Å². The molecule has 2 unspecified atom stereocenters. The highest BCUT2D eigenvalue weighted by molar-refractivity contribution is 5.79. The smallest absolute Gasteiger partial charge is 0.117 e. The Hall–Kier alpha value is -2.23. The maximum absolute atomic E-state index is 11.2. The summed E-state index contributed by atoms with van der Waals surface area (Å²) < 4.78 is 0. The number of aliphatic hydroxyl groups is 1. The summed E-state index contributed by atoms with van der Waals surface area (Å²) in [6.45, 7) is 0. The third kappa shape index (κ3) is 1.78. The molecule has 2 atom stereocenters. The van der Waals surface area contributed by atoms with Gasteiger partial charge < -0.3 is 10.8 Å². The number of hydrogen-bond acceptors (Lipinski definition) is 3. The molecule has 0 fully saturated rings. The molecular formula is C18H16N2O. The first-order valence-corrected chi connectivity index (χ1v) is 7.11. The van der Waals surface area contributed by atoms with Crippen LogP contribution in [0.4, 0.5) is 0 Å². The van der Waals surface area contributed by atoms with Crippen LogP contribution in [0, 0.1) is 0 Å². The molecule has 1 aliphatic carbocycles. The van der Waals surface area contributed by atoms with Crippen LogP contribution in [0.15, 0.2) is 60.8 Å². The van der Waals surface area contributed by atoms with Crippen molar-refractivity contribution in [2.45, 2.75) is 18.1 Å². The van der Waals surface area contributed by atoms with E-state index in [0.717, 1.165) is 27.6 Å². The third-order valence-electron chi connectivity index (χ3n) is 4.40. The summed E-state index contributed by atoms with van der Waals surface area (Å²) in [7, 11) is 0. The molecule has 21 heavy (non-hydrogen) atoms. The van der Waals surface area contributed by atoms with E-state index in [4.69, 9.17) is 5.73 Å². The Morgan fingerprint density at radius 1 is 1.10 bits per heavy atom. The summed E-state index contributed by atoms with van der Waals surface area (Å²) in [5.41, 5.74) is 8.85. The molecule has 0 saturated heterocycles. The Balaban J connectivity index is 1.92. The Kier molecular flexibility index (Phi) is 2.61. The highest BCUT2D eigenvalue weighted by atomic mass is 16.3. The third-order valence-corrected chi connectivity index (χ3v) is 4.40. The molecule has 0 radical (unpaired) electrons. The standard InChI is InChI=1S/C18H16N2O/c19-16-11-18(21,15-6-2-1-5-14(15)16)13-8-7-12-4-3-9-20-17(12)10-13/h1-10,16,21H,11,19H2. The van der Waals surface area contributed by atoms with Crippen LogP contribution in [0.5, 0.6) is 0 Å². The van der Waals surface area contributed by atoms with E-state index in [2.05, 4.69) is 4.98 Å². The fraction of sp³-hybridized carbons (Fsp3) is 0.167. The molecule has 0 aliphatic heterocycles. The molecule has 3 N–H and O–H groups in total. The summed E-state index contributed by atoms with van der Waals surface area (Å²) in [6, 6.07) is 17.6. The first-order valence-electron chi connectivity index (χ1n) is 7.11. The molecule has 0 amide bonds. The van der Waals surface area contributed by atoms with Crippen LogP contribution in [0.3, 0.4) is 0 Å². The lowest BCUT2D eigenvalue weighted by molar-refractivity contribution is 0.0777. The minimum absolute atomic E-state index is 0.134. The van der Waals surface area contributed by atoms with Crippen molar-refractivity contribution in [3.05, 3.63) is 77.5 Å². The molecular weight excluding hydrogens is 260 g/mol. The van der Waals surface area contributed by atoms with Gasteiger partial charge in [0.25, 0.3) is 0 Å². The molecule has 1 aliphatic rings. The zero-order valence-electron chi connectivity index (χ0n) is 11.5. The lowest BCUT2D eigenvalue weighted by Crippen LogP contribution is -2.25. The van der Waals surface area contributed by atoms with E-state index in [-0.39, 0.29) is 6.04 Å². The fourth-order valence-corrected chi connectivity index (χ4v) is 3.33. The van der Waals surface area contributed by atoms with Gasteiger partial charge >= 0.3 is 0 Å². The number of benzene rings is 2. The maximum Gasteiger partial charge on any atom is 0.117 e. The largest absolute Gasteiger partial charge is 0.380 e. The minimum Gasteiger partial charge on any atom is -0.380 e. The van der Waals surface area contributed by atoms with Gasteiger partial charge in [-0.1, -0.05) is 42.5 Å². The molecule has 104 valence electrons. The lowest BCUT2D eigenvalue weighted by atomic mass is 9.87. The molecule has 1 heterocycles. The minimum atomic E-state index is -1.03. The van der Waals surface area contributed by atoms with Gasteiger partial charge in [0, 0.05) is 24.0 Å². The molecule has 0 bridgehead atoms. The van der Waals surface area contributed by atoms with E-state index in [1.165, 1.54) is 0 Å². The van der Waals surface area contributed by atoms with Crippen molar-refractivity contribution < 1.29 is 5.11 Å². The highest BCUT2D eigenvalue weighted by Crippen LogP contribution is 2.46. The van der Waals surface area contributed by atoms with Crippen molar-refractivity contribution in [2.75, 3.05) is 0 Å². The first kappa shape index (κ1) is 12.5. The number of hydrogen-bond donors (Lipinski definition) is 2. The van der Waals surface area contributed by atoms with E-state index in [1.54, 1.807) is 6.20 Å². The van der Waals surface area contributed by atoms with Crippen LogP contribution in [0.25, 0.3) is 10.9 Å². The van der Waals surface area contributed by atoms with Crippen LogP contribution in [-0.2, 0) is 5.60 Å². The summed E-state index contributed by atoms with van der Waals surface area (Å²) in [4.78, 5) is 4.38. The molecule has 0 saturated carbocycles. The number of fused-ring (bicyclic) bond motifs is 2. The maximum atomic E-state index is 11.2. The van der Waals surface area contributed by atoms with E-state index in [0.29, 0.717) is 6.42 Å². The Labute approximate surface area is 123 Å². The fourth-order valence-electron chi connectivity index (χ4n) is 3.33. The number of nitrogens with two attached hydrogens (primary N) is 1. The Morgan fingerprint density at radius 3 is 2.86 bits per heavy atom. The van der Waals surface area contributed by atoms with Crippen LogP contribution < -0.4 is 5.73 Å². The summed E-state index contributed by atoms with van der Waals surface area (Å²) in [6.07, 6.45) is 2.27. The Bertz CT molecular complexity index is 830. The first-order chi connectivity index (χ1) is 10.2. The van der Waals surface area contributed by atoms with Gasteiger partial charge in [-0.2, -0.15) is 0 Å². The number of rotatable bonds is 1. The zero-order chi connectivity index (χ0) is 14.4. The number of nitrogens with zero attached hydrogens (tertiary/aromatic N) is 1. The average Bonchev–Trinajstić information content (AvgIpc) is 2.80. The highest BCUT2D eigenvalue weighted by Gasteiger charge is 2.42. The van der Waals surface area contributed by atoms with Gasteiger partial charge in [-0.05, 0) is 28.8 Å². The average molecular weight is 276 g/mol. The van der Waals surface area contributed by atoms with Crippen LogP contribution in [0.1, 0.15) is 29.2 Å². The monoisotopic (exact) mass is 276 g/mol. The topological polar surface area (TPSA) is 59.1 Å². The van der Waals surface area contributed by atoms with Crippen molar-refractivity contribution in [3.63, 3.8) is 0 Å². The van der Waals surface area contributed by atoms with Gasteiger partial charge in [-0.3, -0.25) is 4.98 Å². The van der Waals surface area contributed by atoms with Gasteiger partial charge in [0.2, 0.25) is 0 Å². The van der Waals surface area contributed by atoms with Crippen molar-refractivity contribution in [2.24, 2.45) is 5.73 Å². The van der Waals surface area contributed by atoms with Gasteiger partial charge in [0.1, 0.15) is 5.60 Å². The van der Waals surface area contributed by atoms with Crippen molar-refractivity contribution in [1.29, 1.82) is 0 Å². The van der Waals surface area contributed by atoms with Crippen LogP contribution in [-0.4, -0.2) is 10.1 Å². The van der Waals surface area contributed by atoms with Gasteiger partial charge in [0.15, 0.2) is 0 Å². The molecule has 2 aromatic carbocycles. The molecule has 1 aromatic heterocycles. The van der Waals surface area contributed by atoms with Crippen LogP contribution in [0.2, 0.25) is 0 Å².